The van der Waals surface area contributed by atoms with E-state index in [1.807, 2.05) is 57.2 Å². The molecule has 0 saturated heterocycles. The molecule has 0 radical (unpaired) electrons. The lowest BCUT2D eigenvalue weighted by atomic mass is 10.0. The number of carbonyl (C=O) groups excluding carboxylic acids is 2. The van der Waals surface area contributed by atoms with Crippen molar-refractivity contribution in [2.75, 3.05) is 4.90 Å². The molecule has 4 nitrogen and oxygen atoms in total. The second kappa shape index (κ2) is 7.16. The van der Waals surface area contributed by atoms with Crippen LogP contribution in [0.5, 0.6) is 0 Å². The second-order valence-electron chi connectivity index (χ2n) is 9.22. The molecule has 0 atom stereocenters. The van der Waals surface area contributed by atoms with E-state index in [1.165, 1.54) is 4.90 Å². The summed E-state index contributed by atoms with van der Waals surface area (Å²) in [6, 6.07) is 24.1. The molecular weight excluding hydrogens is 420 g/mol. The van der Waals surface area contributed by atoms with Crippen molar-refractivity contribution in [1.29, 1.82) is 0 Å². The number of rotatable bonds is 2. The fourth-order valence-electron chi connectivity index (χ4n) is 5.62. The molecule has 4 heteroatoms. The molecule has 0 saturated carbocycles. The van der Waals surface area contributed by atoms with E-state index in [4.69, 9.17) is 0 Å². The van der Waals surface area contributed by atoms with Gasteiger partial charge >= 0.3 is 0 Å². The van der Waals surface area contributed by atoms with Gasteiger partial charge in [0.25, 0.3) is 11.8 Å². The maximum atomic E-state index is 14.0. The predicted octanol–water partition coefficient (Wildman–Crippen LogP) is 6.82. The van der Waals surface area contributed by atoms with Crippen molar-refractivity contribution < 1.29 is 9.59 Å². The number of nitrogens with zero attached hydrogens (tertiary/aromatic N) is 2. The molecule has 2 amide bonds. The fourth-order valence-corrected chi connectivity index (χ4v) is 5.62. The predicted molar refractivity (Wildman–Crippen MR) is 137 cm³/mol. The van der Waals surface area contributed by atoms with Gasteiger partial charge in [-0.25, -0.2) is 4.90 Å². The van der Waals surface area contributed by atoms with Crippen LogP contribution in [0.4, 0.5) is 5.69 Å². The van der Waals surface area contributed by atoms with Crippen LogP contribution in [0.3, 0.4) is 0 Å². The minimum atomic E-state index is -0.273. The Balaban J connectivity index is 1.66. The summed E-state index contributed by atoms with van der Waals surface area (Å²) in [5, 5.41) is 2.25. The van der Waals surface area contributed by atoms with Gasteiger partial charge in [0.05, 0.1) is 33.5 Å². The number of hydrogen-bond donors (Lipinski definition) is 0. The molecule has 0 spiro atoms. The van der Waals surface area contributed by atoms with Crippen molar-refractivity contribution in [3.63, 3.8) is 0 Å². The van der Waals surface area contributed by atoms with E-state index in [9.17, 15) is 9.59 Å². The smallest absolute Gasteiger partial charge is 0.268 e. The highest BCUT2D eigenvalue weighted by Crippen LogP contribution is 2.39. The van der Waals surface area contributed by atoms with Crippen molar-refractivity contribution in [2.45, 2.75) is 27.7 Å². The van der Waals surface area contributed by atoms with Crippen LogP contribution < -0.4 is 4.90 Å². The van der Waals surface area contributed by atoms with Gasteiger partial charge in [0.2, 0.25) is 0 Å². The molecule has 0 unspecified atom stereocenters. The molecule has 1 aromatic heterocycles. The van der Waals surface area contributed by atoms with Gasteiger partial charge in [0.15, 0.2) is 0 Å². The Morgan fingerprint density at radius 1 is 0.647 bits per heavy atom. The van der Waals surface area contributed by atoms with Gasteiger partial charge in [-0.15, -0.1) is 0 Å². The Hall–Kier alpha value is -4.18. The number of hydrogen-bond acceptors (Lipinski definition) is 2. The molecule has 34 heavy (non-hydrogen) atoms. The number of anilines is 1. The Bertz CT molecular complexity index is 1670. The maximum absolute atomic E-state index is 14.0. The molecule has 6 rings (SSSR count). The van der Waals surface area contributed by atoms with Crippen LogP contribution in [-0.4, -0.2) is 16.4 Å². The van der Waals surface area contributed by atoms with Crippen LogP contribution in [-0.2, 0) is 0 Å². The lowest BCUT2D eigenvalue weighted by molar-refractivity contribution is 0.0925. The zero-order valence-corrected chi connectivity index (χ0v) is 19.6. The van der Waals surface area contributed by atoms with E-state index in [1.54, 1.807) is 6.07 Å². The first-order valence-electron chi connectivity index (χ1n) is 11.5. The van der Waals surface area contributed by atoms with Gasteiger partial charge in [0, 0.05) is 10.8 Å². The fraction of sp³-hybridized carbons (Fsp3) is 0.133. The molecule has 0 fully saturated rings. The molecule has 1 aliphatic rings. The van der Waals surface area contributed by atoms with Gasteiger partial charge < -0.3 is 4.57 Å². The van der Waals surface area contributed by atoms with E-state index < -0.39 is 0 Å². The molecule has 4 aromatic carbocycles. The topological polar surface area (TPSA) is 42.3 Å². The number of aryl methyl sites for hydroxylation is 4. The first-order valence-corrected chi connectivity index (χ1v) is 11.5. The quantitative estimate of drug-likeness (QED) is 0.280. The first kappa shape index (κ1) is 20.4. The van der Waals surface area contributed by atoms with Crippen LogP contribution in [0.15, 0.2) is 72.8 Å². The molecule has 0 aliphatic carbocycles. The van der Waals surface area contributed by atoms with Gasteiger partial charge in [-0.05, 0) is 62.6 Å². The van der Waals surface area contributed by atoms with Crippen molar-refractivity contribution in [2.24, 2.45) is 0 Å². The van der Waals surface area contributed by atoms with Crippen molar-refractivity contribution in [3.05, 3.63) is 106 Å². The van der Waals surface area contributed by atoms with E-state index in [0.717, 1.165) is 49.7 Å². The summed E-state index contributed by atoms with van der Waals surface area (Å²) >= 11 is 0. The number of aromatic nitrogens is 1. The van der Waals surface area contributed by atoms with Crippen molar-refractivity contribution in [1.82, 2.24) is 4.57 Å². The highest BCUT2D eigenvalue weighted by atomic mass is 16.2. The normalized spacial score (nSPS) is 13.4. The van der Waals surface area contributed by atoms with Gasteiger partial charge in [-0.2, -0.15) is 0 Å². The Morgan fingerprint density at radius 2 is 1.32 bits per heavy atom. The number of imide groups is 1. The summed E-state index contributed by atoms with van der Waals surface area (Å²) < 4.78 is 2.14. The number of carbonyl (C=O) groups is 2. The van der Waals surface area contributed by atoms with Crippen LogP contribution in [0.2, 0.25) is 0 Å². The van der Waals surface area contributed by atoms with Crippen molar-refractivity contribution in [3.8, 4) is 5.69 Å². The minimum Gasteiger partial charge on any atom is -0.308 e. The maximum Gasteiger partial charge on any atom is 0.268 e. The van der Waals surface area contributed by atoms with E-state index in [2.05, 4.69) is 41.8 Å². The van der Waals surface area contributed by atoms with E-state index in [-0.39, 0.29) is 11.8 Å². The number of amides is 2. The summed E-state index contributed by atoms with van der Waals surface area (Å²) in [6.45, 7) is 8.01. The third-order valence-corrected chi connectivity index (χ3v) is 6.89. The van der Waals surface area contributed by atoms with E-state index >= 15 is 0 Å². The lowest BCUT2D eigenvalue weighted by Crippen LogP contribution is -2.31. The third-order valence-electron chi connectivity index (χ3n) is 6.89. The summed E-state index contributed by atoms with van der Waals surface area (Å²) in [5.74, 6) is -0.542. The third kappa shape index (κ3) is 2.65. The molecule has 5 aromatic rings. The summed E-state index contributed by atoms with van der Waals surface area (Å²) in [4.78, 5) is 28.9. The Morgan fingerprint density at radius 3 is 2.09 bits per heavy atom. The monoisotopic (exact) mass is 444 g/mol. The van der Waals surface area contributed by atoms with Crippen LogP contribution >= 0.6 is 0 Å². The molecule has 2 heterocycles. The lowest BCUT2D eigenvalue weighted by Gasteiger charge is -2.20. The van der Waals surface area contributed by atoms with Gasteiger partial charge in [0.1, 0.15) is 0 Å². The summed E-state index contributed by atoms with van der Waals surface area (Å²) in [5.41, 5.74) is 8.45. The molecule has 1 aliphatic heterocycles. The molecule has 0 N–H and O–H groups in total. The highest BCUT2D eigenvalue weighted by Gasteiger charge is 2.40. The van der Waals surface area contributed by atoms with Gasteiger partial charge in [-0.1, -0.05) is 60.2 Å². The average molecular weight is 445 g/mol. The zero-order chi connectivity index (χ0) is 23.7. The average Bonchev–Trinajstić information content (AvgIpc) is 3.27. The number of benzene rings is 4. The standard InChI is InChI=1S/C30H24N2O2/c1-17-15-19(3)27(20(4)16-17)32-29(33)23-12-8-14-25(26(23)30(32)34)31-24-13-6-5-10-21(24)22-11-7-9-18(2)28(22)31/h5-16H,1-4H3. The van der Waals surface area contributed by atoms with E-state index in [0.29, 0.717) is 16.8 Å². The molecular formula is C30H24N2O2. The summed E-state index contributed by atoms with van der Waals surface area (Å²) in [7, 11) is 0. The minimum absolute atomic E-state index is 0.269. The van der Waals surface area contributed by atoms with Gasteiger partial charge in [-0.3, -0.25) is 9.59 Å². The van der Waals surface area contributed by atoms with Crippen LogP contribution in [0.1, 0.15) is 43.0 Å². The Kier molecular flexibility index (Phi) is 4.30. The number of para-hydroxylation sites is 2. The zero-order valence-electron chi connectivity index (χ0n) is 19.6. The Labute approximate surface area is 198 Å². The number of fused-ring (bicyclic) bond motifs is 4. The van der Waals surface area contributed by atoms with Crippen LogP contribution in [0, 0.1) is 27.7 Å². The summed E-state index contributed by atoms with van der Waals surface area (Å²) in [6.07, 6.45) is 0. The van der Waals surface area contributed by atoms with Crippen LogP contribution in [0.25, 0.3) is 27.5 Å². The SMILES string of the molecule is Cc1cc(C)c(N2C(=O)c3cccc(-n4c5ccccc5c5cccc(C)c54)c3C2=O)c(C)c1. The second-order valence-corrected chi connectivity index (χ2v) is 9.22. The largest absolute Gasteiger partial charge is 0.308 e. The molecule has 0 bridgehead atoms. The molecule has 166 valence electrons. The van der Waals surface area contributed by atoms with Crippen molar-refractivity contribution >= 4 is 39.3 Å². The highest BCUT2D eigenvalue weighted by molar-refractivity contribution is 6.36. The first-order chi connectivity index (χ1) is 16.4.